The van der Waals surface area contributed by atoms with Crippen molar-refractivity contribution in [3.8, 4) is 5.88 Å². The second-order valence-corrected chi connectivity index (χ2v) is 7.98. The van der Waals surface area contributed by atoms with Crippen LogP contribution in [-0.2, 0) is 9.53 Å². The monoisotopic (exact) mass is 366 g/mol. The number of hydrogen-bond donors (Lipinski definition) is 0. The van der Waals surface area contributed by atoms with Crippen LogP contribution in [0.2, 0.25) is 0 Å². The second kappa shape index (κ2) is 10.8. The number of morpholine rings is 1. The zero-order valence-corrected chi connectivity index (χ0v) is 16.4. The van der Waals surface area contributed by atoms with Crippen LogP contribution in [0.1, 0.15) is 38.0 Å². The fraction of sp³-hybridized carbons (Fsp3) is 0.684. The van der Waals surface area contributed by atoms with Crippen LogP contribution < -0.4 is 4.74 Å². The van der Waals surface area contributed by atoms with Gasteiger partial charge in [0.1, 0.15) is 12.4 Å². The van der Waals surface area contributed by atoms with Gasteiger partial charge in [-0.05, 0) is 11.3 Å². The average molecular weight is 367 g/mol. The number of thioether (sulfide) groups is 1. The van der Waals surface area contributed by atoms with Gasteiger partial charge in [0.15, 0.2) is 0 Å². The van der Waals surface area contributed by atoms with E-state index in [0.29, 0.717) is 24.7 Å². The molecule has 1 atom stereocenters. The molecule has 1 aromatic rings. The number of Topliss-reactive ketones (excluding diaryl/α,β-unsaturated/α-hetero) is 1. The van der Waals surface area contributed by atoms with E-state index < -0.39 is 0 Å². The lowest BCUT2D eigenvalue weighted by Crippen LogP contribution is -2.38. The van der Waals surface area contributed by atoms with Crippen LogP contribution in [-0.4, -0.2) is 60.9 Å². The third kappa shape index (κ3) is 6.96. The minimum absolute atomic E-state index is 0.0794. The molecule has 0 spiro atoms. The summed E-state index contributed by atoms with van der Waals surface area (Å²) >= 11 is 1.80. The van der Waals surface area contributed by atoms with Crippen LogP contribution in [0.4, 0.5) is 0 Å². The van der Waals surface area contributed by atoms with E-state index in [2.05, 4.69) is 16.8 Å². The molecule has 1 unspecified atom stereocenters. The first-order valence-corrected chi connectivity index (χ1v) is 10.2. The van der Waals surface area contributed by atoms with Gasteiger partial charge in [0.25, 0.3) is 0 Å². The predicted molar refractivity (Wildman–Crippen MR) is 102 cm³/mol. The van der Waals surface area contributed by atoms with E-state index in [0.717, 1.165) is 44.2 Å². The molecular weight excluding hydrogens is 336 g/mol. The molecule has 1 saturated heterocycles. The molecule has 2 heterocycles. The molecule has 25 heavy (non-hydrogen) atoms. The van der Waals surface area contributed by atoms with Crippen molar-refractivity contribution in [2.45, 2.75) is 32.4 Å². The quantitative estimate of drug-likeness (QED) is 0.634. The van der Waals surface area contributed by atoms with Crippen LogP contribution in [0, 0.1) is 5.92 Å². The molecule has 0 bridgehead atoms. The van der Waals surface area contributed by atoms with Gasteiger partial charge in [0, 0.05) is 49.5 Å². The van der Waals surface area contributed by atoms with E-state index in [1.54, 1.807) is 11.8 Å². The van der Waals surface area contributed by atoms with E-state index in [4.69, 9.17) is 9.47 Å². The lowest BCUT2D eigenvalue weighted by Gasteiger charge is -2.26. The number of pyridine rings is 1. The number of aromatic nitrogens is 1. The van der Waals surface area contributed by atoms with Crippen molar-refractivity contribution in [3.63, 3.8) is 0 Å². The van der Waals surface area contributed by atoms with Crippen LogP contribution in [0.25, 0.3) is 0 Å². The Morgan fingerprint density at radius 3 is 2.72 bits per heavy atom. The maximum Gasteiger partial charge on any atom is 0.213 e. The van der Waals surface area contributed by atoms with Crippen molar-refractivity contribution in [2.75, 3.05) is 45.2 Å². The lowest BCUT2D eigenvalue weighted by molar-refractivity contribution is -0.121. The highest BCUT2D eigenvalue weighted by Crippen LogP contribution is 2.33. The largest absolute Gasteiger partial charge is 0.476 e. The number of nitrogens with zero attached hydrogens (tertiary/aromatic N) is 2. The van der Waals surface area contributed by atoms with Crippen molar-refractivity contribution in [3.05, 3.63) is 23.9 Å². The van der Waals surface area contributed by atoms with Crippen molar-refractivity contribution in [1.29, 1.82) is 0 Å². The minimum atomic E-state index is 0.0794. The summed E-state index contributed by atoms with van der Waals surface area (Å²) in [6, 6.07) is 3.95. The highest BCUT2D eigenvalue weighted by Gasteiger charge is 2.18. The molecule has 0 saturated carbocycles. The number of ether oxygens (including phenoxy) is 2. The highest BCUT2D eigenvalue weighted by molar-refractivity contribution is 7.99. The van der Waals surface area contributed by atoms with E-state index in [9.17, 15) is 4.79 Å². The topological polar surface area (TPSA) is 51.7 Å². The molecule has 1 aliphatic heterocycles. The Bertz CT molecular complexity index is 516. The van der Waals surface area contributed by atoms with Gasteiger partial charge in [-0.3, -0.25) is 9.69 Å². The van der Waals surface area contributed by atoms with Gasteiger partial charge >= 0.3 is 0 Å². The molecule has 0 aromatic carbocycles. The summed E-state index contributed by atoms with van der Waals surface area (Å²) in [6.45, 7) is 11.1. The van der Waals surface area contributed by atoms with Gasteiger partial charge in [0.2, 0.25) is 5.88 Å². The summed E-state index contributed by atoms with van der Waals surface area (Å²) < 4.78 is 11.1. The normalized spacial score (nSPS) is 16.8. The molecule has 6 heteroatoms. The average Bonchev–Trinajstić information content (AvgIpc) is 2.63. The fourth-order valence-corrected chi connectivity index (χ4v) is 3.68. The van der Waals surface area contributed by atoms with Crippen molar-refractivity contribution < 1.29 is 14.3 Å². The van der Waals surface area contributed by atoms with Crippen LogP contribution in [0.3, 0.4) is 0 Å². The van der Waals surface area contributed by atoms with E-state index >= 15 is 0 Å². The summed E-state index contributed by atoms with van der Waals surface area (Å²) in [5.41, 5.74) is 1.10. The number of carbonyl (C=O) groups is 1. The molecule has 1 aromatic heterocycles. The summed E-state index contributed by atoms with van der Waals surface area (Å²) in [4.78, 5) is 18.9. The van der Waals surface area contributed by atoms with Gasteiger partial charge in [-0.15, -0.1) is 0 Å². The smallest absolute Gasteiger partial charge is 0.213 e. The molecule has 0 radical (unpaired) electrons. The molecular formula is C19H30N2O3S. The zero-order valence-electron chi connectivity index (χ0n) is 15.6. The molecule has 0 N–H and O–H groups in total. The Balaban J connectivity index is 1.84. The van der Waals surface area contributed by atoms with Crippen molar-refractivity contribution in [1.82, 2.24) is 9.88 Å². The summed E-state index contributed by atoms with van der Waals surface area (Å²) in [6.07, 6.45) is 2.42. The van der Waals surface area contributed by atoms with Crippen molar-refractivity contribution >= 4 is 17.5 Å². The van der Waals surface area contributed by atoms with Gasteiger partial charge in [-0.25, -0.2) is 4.98 Å². The SMILES string of the molecule is CCSC(CC(=O)C(C)C)c1ccc(OCCN2CCOCC2)nc1. The number of hydrogen-bond acceptors (Lipinski definition) is 6. The van der Waals surface area contributed by atoms with Gasteiger partial charge in [0.05, 0.1) is 13.2 Å². The molecule has 1 fully saturated rings. The van der Waals surface area contributed by atoms with Gasteiger partial charge in [-0.2, -0.15) is 11.8 Å². The molecule has 1 aliphatic rings. The standard InChI is InChI=1S/C19H30N2O3S/c1-4-25-18(13-17(22)15(2)3)16-5-6-19(20-14-16)24-12-9-21-7-10-23-11-8-21/h5-6,14-15,18H,4,7-13H2,1-3H3. The molecule has 2 rings (SSSR count). The Hall–Kier alpha value is -1.11. The third-order valence-corrected chi connectivity index (χ3v) is 5.47. The number of carbonyl (C=O) groups excluding carboxylic acids is 1. The maximum atomic E-state index is 12.1. The highest BCUT2D eigenvalue weighted by atomic mass is 32.2. The van der Waals surface area contributed by atoms with E-state index in [-0.39, 0.29) is 11.2 Å². The van der Waals surface area contributed by atoms with Gasteiger partial charge < -0.3 is 9.47 Å². The lowest BCUT2D eigenvalue weighted by atomic mass is 10.0. The number of ketones is 1. The first-order chi connectivity index (χ1) is 12.1. The van der Waals surface area contributed by atoms with E-state index in [1.165, 1.54) is 0 Å². The summed E-state index contributed by atoms with van der Waals surface area (Å²) in [5, 5.41) is 0.176. The molecule has 0 amide bonds. The van der Waals surface area contributed by atoms with E-state index in [1.807, 2.05) is 32.2 Å². The second-order valence-electron chi connectivity index (χ2n) is 6.50. The number of rotatable bonds is 10. The third-order valence-electron chi connectivity index (χ3n) is 4.29. The van der Waals surface area contributed by atoms with Gasteiger partial charge in [-0.1, -0.05) is 26.8 Å². The Kier molecular flexibility index (Phi) is 8.72. The molecule has 0 aliphatic carbocycles. The Labute approximate surface area is 155 Å². The van der Waals surface area contributed by atoms with Crippen LogP contribution in [0.5, 0.6) is 5.88 Å². The first kappa shape index (κ1) is 20.2. The zero-order chi connectivity index (χ0) is 18.1. The van der Waals surface area contributed by atoms with Crippen molar-refractivity contribution in [2.24, 2.45) is 5.92 Å². The summed E-state index contributed by atoms with van der Waals surface area (Å²) in [7, 11) is 0. The Morgan fingerprint density at radius 1 is 1.36 bits per heavy atom. The first-order valence-electron chi connectivity index (χ1n) is 9.13. The summed E-state index contributed by atoms with van der Waals surface area (Å²) in [5.74, 6) is 2.01. The molecule has 140 valence electrons. The maximum absolute atomic E-state index is 12.1. The fourth-order valence-electron chi connectivity index (χ4n) is 2.66. The Morgan fingerprint density at radius 2 is 2.12 bits per heavy atom. The van der Waals surface area contributed by atoms with Crippen LogP contribution in [0.15, 0.2) is 18.3 Å². The van der Waals surface area contributed by atoms with Crippen LogP contribution >= 0.6 is 11.8 Å². The predicted octanol–water partition coefficient (Wildman–Crippen LogP) is 3.20. The minimum Gasteiger partial charge on any atom is -0.476 e. The molecule has 5 nitrogen and oxygen atoms in total.